The fourth-order valence-corrected chi connectivity index (χ4v) is 2.09. The Morgan fingerprint density at radius 2 is 1.85 bits per heavy atom. The molecule has 0 fully saturated rings. The fourth-order valence-electron chi connectivity index (χ4n) is 2.09. The number of aliphatic hydroxyl groups excluding tert-OH is 1. The standard InChI is InChI=1S/C18H21N3O5/c1-18(16(24)19-2,17(25)20-26)21(3)15(23)14-10-8-13(9-11-14)7-5-4-6-12-22/h4,6,8-11,22,26H,12H2,1-3H3,(H,19,24)(H,20,25)/b6-4+/t18-/m0/s1. The van der Waals surface area contributed by atoms with Crippen LogP contribution in [0.3, 0.4) is 0 Å². The first-order chi connectivity index (χ1) is 12.3. The van der Waals surface area contributed by atoms with Crippen molar-refractivity contribution in [1.29, 1.82) is 0 Å². The lowest BCUT2D eigenvalue weighted by Crippen LogP contribution is -2.64. The average Bonchev–Trinajstić information content (AvgIpc) is 2.68. The molecule has 0 aliphatic heterocycles. The SMILES string of the molecule is CNC(=O)[C@@](C)(C(=O)NO)N(C)C(=O)c1ccc(C#C/C=C/CO)cc1. The third kappa shape index (κ3) is 4.47. The van der Waals surface area contributed by atoms with Crippen molar-refractivity contribution < 1.29 is 24.7 Å². The van der Waals surface area contributed by atoms with Gasteiger partial charge in [0.1, 0.15) is 0 Å². The van der Waals surface area contributed by atoms with Gasteiger partial charge in [0.2, 0.25) is 0 Å². The van der Waals surface area contributed by atoms with Gasteiger partial charge >= 0.3 is 0 Å². The number of carbonyl (C=O) groups is 3. The van der Waals surface area contributed by atoms with Crippen LogP contribution >= 0.6 is 0 Å². The Hall–Kier alpha value is -3.15. The minimum atomic E-state index is -1.94. The number of amides is 3. The summed E-state index contributed by atoms with van der Waals surface area (Å²) in [7, 11) is 2.61. The van der Waals surface area contributed by atoms with Crippen molar-refractivity contribution in [2.45, 2.75) is 12.5 Å². The monoisotopic (exact) mass is 359 g/mol. The second-order valence-corrected chi connectivity index (χ2v) is 5.39. The van der Waals surface area contributed by atoms with Crippen molar-refractivity contribution in [2.24, 2.45) is 0 Å². The molecular formula is C18H21N3O5. The van der Waals surface area contributed by atoms with Crippen LogP contribution in [0, 0.1) is 11.8 Å². The normalized spacial score (nSPS) is 12.5. The first-order valence-electron chi connectivity index (χ1n) is 7.65. The number of benzene rings is 1. The molecular weight excluding hydrogens is 338 g/mol. The minimum Gasteiger partial charge on any atom is -0.392 e. The molecule has 3 amide bonds. The summed E-state index contributed by atoms with van der Waals surface area (Å²) in [5.74, 6) is 3.18. The van der Waals surface area contributed by atoms with E-state index in [4.69, 9.17) is 10.3 Å². The largest absolute Gasteiger partial charge is 0.392 e. The summed E-state index contributed by atoms with van der Waals surface area (Å²) >= 11 is 0. The van der Waals surface area contributed by atoms with Crippen LogP contribution in [0.25, 0.3) is 0 Å². The minimum absolute atomic E-state index is 0.0972. The molecule has 26 heavy (non-hydrogen) atoms. The molecule has 8 nitrogen and oxygen atoms in total. The van der Waals surface area contributed by atoms with Crippen molar-refractivity contribution >= 4 is 17.7 Å². The summed E-state index contributed by atoms with van der Waals surface area (Å²) in [6, 6.07) is 6.26. The Bertz CT molecular complexity index is 743. The molecule has 0 bridgehead atoms. The molecule has 0 radical (unpaired) electrons. The second-order valence-electron chi connectivity index (χ2n) is 5.39. The Morgan fingerprint density at radius 1 is 1.23 bits per heavy atom. The molecule has 1 rings (SSSR count). The van der Waals surface area contributed by atoms with Crippen LogP contribution in [0.1, 0.15) is 22.8 Å². The van der Waals surface area contributed by atoms with Crippen LogP contribution in [-0.4, -0.2) is 59.2 Å². The molecule has 4 N–H and O–H groups in total. The quantitative estimate of drug-likeness (QED) is 0.248. The van der Waals surface area contributed by atoms with E-state index in [9.17, 15) is 14.4 Å². The third-order valence-corrected chi connectivity index (χ3v) is 3.84. The first-order valence-corrected chi connectivity index (χ1v) is 7.65. The number of likely N-dealkylation sites (N-methyl/N-ethyl adjacent to an activating group) is 2. The van der Waals surface area contributed by atoms with Crippen LogP contribution in [0.5, 0.6) is 0 Å². The van der Waals surface area contributed by atoms with E-state index in [0.29, 0.717) is 5.56 Å². The topological polar surface area (TPSA) is 119 Å². The molecule has 0 heterocycles. The average molecular weight is 359 g/mol. The molecule has 8 heteroatoms. The van der Waals surface area contributed by atoms with E-state index in [1.807, 2.05) is 0 Å². The van der Waals surface area contributed by atoms with Crippen LogP contribution in [0.4, 0.5) is 0 Å². The maximum Gasteiger partial charge on any atom is 0.278 e. The summed E-state index contributed by atoms with van der Waals surface area (Å²) in [4.78, 5) is 37.7. The number of aliphatic hydroxyl groups is 1. The lowest BCUT2D eigenvalue weighted by atomic mass is 9.96. The third-order valence-electron chi connectivity index (χ3n) is 3.84. The van der Waals surface area contributed by atoms with Gasteiger partial charge in [-0.15, -0.1) is 0 Å². The Morgan fingerprint density at radius 3 is 2.35 bits per heavy atom. The summed E-state index contributed by atoms with van der Waals surface area (Å²) < 4.78 is 0. The second kappa shape index (κ2) is 9.36. The highest BCUT2D eigenvalue weighted by molar-refractivity contribution is 6.12. The zero-order chi connectivity index (χ0) is 19.7. The van der Waals surface area contributed by atoms with E-state index >= 15 is 0 Å². The Kier molecular flexibility index (Phi) is 7.52. The Balaban J connectivity index is 3.09. The number of hydrogen-bond donors (Lipinski definition) is 4. The van der Waals surface area contributed by atoms with Gasteiger partial charge < -0.3 is 15.3 Å². The maximum atomic E-state index is 12.7. The highest BCUT2D eigenvalue weighted by Gasteiger charge is 2.47. The first kappa shape index (κ1) is 20.9. The van der Waals surface area contributed by atoms with E-state index in [0.717, 1.165) is 4.90 Å². The predicted octanol–water partition coefficient (Wildman–Crippen LogP) is -0.331. The number of allylic oxidation sites excluding steroid dienone is 1. The molecule has 0 saturated carbocycles. The van der Waals surface area contributed by atoms with Crippen LogP contribution in [-0.2, 0) is 9.59 Å². The number of hydroxylamine groups is 1. The van der Waals surface area contributed by atoms with Gasteiger partial charge in [-0.1, -0.05) is 17.9 Å². The predicted molar refractivity (Wildman–Crippen MR) is 94.0 cm³/mol. The molecule has 0 spiro atoms. The molecule has 1 atom stereocenters. The molecule has 0 saturated heterocycles. The van der Waals surface area contributed by atoms with Crippen LogP contribution < -0.4 is 10.8 Å². The Labute approximate surface area is 151 Å². The van der Waals surface area contributed by atoms with Crippen molar-refractivity contribution in [3.63, 3.8) is 0 Å². The van der Waals surface area contributed by atoms with Gasteiger partial charge in [-0.3, -0.25) is 19.6 Å². The van der Waals surface area contributed by atoms with Gasteiger partial charge in [-0.25, -0.2) is 5.48 Å². The molecule has 0 aromatic heterocycles. The summed E-state index contributed by atoms with van der Waals surface area (Å²) in [6.07, 6.45) is 3.00. The maximum absolute atomic E-state index is 12.7. The lowest BCUT2D eigenvalue weighted by Gasteiger charge is -2.34. The number of carbonyl (C=O) groups excluding carboxylic acids is 3. The van der Waals surface area contributed by atoms with E-state index in [1.165, 1.54) is 50.8 Å². The lowest BCUT2D eigenvalue weighted by molar-refractivity contribution is -0.148. The van der Waals surface area contributed by atoms with Gasteiger partial charge in [0.15, 0.2) is 5.54 Å². The highest BCUT2D eigenvalue weighted by atomic mass is 16.5. The van der Waals surface area contributed by atoms with Crippen LogP contribution in [0.2, 0.25) is 0 Å². The molecule has 0 unspecified atom stereocenters. The zero-order valence-electron chi connectivity index (χ0n) is 14.7. The van der Waals surface area contributed by atoms with Crippen molar-refractivity contribution in [3.05, 3.63) is 47.5 Å². The van der Waals surface area contributed by atoms with Crippen molar-refractivity contribution in [1.82, 2.24) is 15.7 Å². The number of nitrogens with zero attached hydrogens (tertiary/aromatic N) is 1. The van der Waals surface area contributed by atoms with E-state index in [2.05, 4.69) is 17.2 Å². The number of nitrogens with one attached hydrogen (secondary N) is 2. The molecule has 1 aromatic rings. The molecule has 0 aliphatic rings. The highest BCUT2D eigenvalue weighted by Crippen LogP contribution is 2.18. The summed E-state index contributed by atoms with van der Waals surface area (Å²) in [6.45, 7) is 1.13. The fraction of sp³-hybridized carbons (Fsp3) is 0.278. The van der Waals surface area contributed by atoms with Gasteiger partial charge in [-0.05, 0) is 37.3 Å². The molecule has 138 valence electrons. The molecule has 0 aliphatic carbocycles. The van der Waals surface area contributed by atoms with E-state index < -0.39 is 23.3 Å². The molecule has 1 aromatic carbocycles. The number of rotatable bonds is 5. The summed E-state index contributed by atoms with van der Waals surface area (Å²) in [5.41, 5.74) is 0.366. The van der Waals surface area contributed by atoms with E-state index in [-0.39, 0.29) is 12.2 Å². The van der Waals surface area contributed by atoms with Crippen molar-refractivity contribution in [2.75, 3.05) is 20.7 Å². The smallest absolute Gasteiger partial charge is 0.278 e. The van der Waals surface area contributed by atoms with Gasteiger partial charge in [0, 0.05) is 25.2 Å². The number of hydrogen-bond acceptors (Lipinski definition) is 5. The summed E-state index contributed by atoms with van der Waals surface area (Å²) in [5, 5.41) is 19.8. The zero-order valence-corrected chi connectivity index (χ0v) is 14.7. The van der Waals surface area contributed by atoms with Gasteiger partial charge in [0.05, 0.1) is 6.61 Å². The van der Waals surface area contributed by atoms with E-state index in [1.54, 1.807) is 12.1 Å². The van der Waals surface area contributed by atoms with Crippen LogP contribution in [0.15, 0.2) is 36.4 Å². The van der Waals surface area contributed by atoms with Crippen molar-refractivity contribution in [3.8, 4) is 11.8 Å². The van der Waals surface area contributed by atoms with Gasteiger partial charge in [-0.2, -0.15) is 0 Å². The van der Waals surface area contributed by atoms with Gasteiger partial charge in [0.25, 0.3) is 17.7 Å².